The van der Waals surface area contributed by atoms with Crippen molar-refractivity contribution >= 4 is 35.2 Å². The summed E-state index contributed by atoms with van der Waals surface area (Å²) in [6, 6.07) is 8.89. The van der Waals surface area contributed by atoms with Crippen LogP contribution in [0.2, 0.25) is 0 Å². The summed E-state index contributed by atoms with van der Waals surface area (Å²) in [6.45, 7) is 0.697. The smallest absolute Gasteiger partial charge is 0.407 e. The molecule has 1 saturated heterocycles. The van der Waals surface area contributed by atoms with Gasteiger partial charge < -0.3 is 24.9 Å². The minimum absolute atomic E-state index is 0.0861. The van der Waals surface area contributed by atoms with Crippen LogP contribution in [0, 0.1) is 5.82 Å². The van der Waals surface area contributed by atoms with Gasteiger partial charge in [-0.15, -0.1) is 0 Å². The number of hydrogen-bond donors (Lipinski definition) is 3. The highest BCUT2D eigenvalue weighted by Crippen LogP contribution is 2.37. The van der Waals surface area contributed by atoms with Gasteiger partial charge in [0, 0.05) is 64.2 Å². The van der Waals surface area contributed by atoms with Crippen molar-refractivity contribution in [3.8, 4) is 0 Å². The molecule has 1 unspecified atom stereocenters. The van der Waals surface area contributed by atoms with E-state index in [2.05, 4.69) is 44.2 Å². The Balaban J connectivity index is 1.02. The molecule has 3 aliphatic heterocycles. The first-order chi connectivity index (χ1) is 19.2. The van der Waals surface area contributed by atoms with E-state index in [4.69, 9.17) is 4.74 Å². The molecule has 12 heteroatoms. The maximum atomic E-state index is 15.3. The molecule has 0 bridgehead atoms. The van der Waals surface area contributed by atoms with Crippen molar-refractivity contribution in [3.63, 3.8) is 0 Å². The number of imide groups is 1. The maximum absolute atomic E-state index is 15.3. The van der Waals surface area contributed by atoms with Crippen molar-refractivity contribution in [2.75, 3.05) is 24.0 Å². The van der Waals surface area contributed by atoms with Gasteiger partial charge in [-0.2, -0.15) is 0 Å². The summed E-state index contributed by atoms with van der Waals surface area (Å²) in [5, 5.41) is 6.97. The number of rotatable bonds is 6. The normalized spacial score (nSPS) is 23.4. The van der Waals surface area contributed by atoms with Crippen LogP contribution in [-0.4, -0.2) is 61.0 Å². The summed E-state index contributed by atoms with van der Waals surface area (Å²) in [5.74, 6) is -2.26. The number of benzene rings is 2. The van der Waals surface area contributed by atoms with E-state index >= 15 is 4.39 Å². The monoisotopic (exact) mass is 550 g/mol. The first-order valence-electron chi connectivity index (χ1n) is 13.4. The van der Waals surface area contributed by atoms with Crippen LogP contribution >= 0.6 is 0 Å². The van der Waals surface area contributed by atoms with Gasteiger partial charge in [0.15, 0.2) is 0 Å². The van der Waals surface area contributed by atoms with Crippen molar-refractivity contribution in [2.45, 2.75) is 63.5 Å². The molecule has 3 N–H and O–H groups in total. The zero-order valence-electron chi connectivity index (χ0n) is 22.3. The van der Waals surface area contributed by atoms with Gasteiger partial charge in [-0.1, -0.05) is 18.2 Å². The van der Waals surface area contributed by atoms with E-state index in [0.29, 0.717) is 18.4 Å². The van der Waals surface area contributed by atoms with E-state index in [0.717, 1.165) is 17.9 Å². The molecule has 210 valence electrons. The van der Waals surface area contributed by atoms with Crippen LogP contribution in [0.1, 0.15) is 52.7 Å². The minimum Gasteiger partial charge on any atom is -0.446 e. The Hall–Kier alpha value is -4.19. The average Bonchev–Trinajstić information content (AvgIpc) is 3.46. The van der Waals surface area contributed by atoms with Crippen LogP contribution < -0.4 is 26.0 Å². The van der Waals surface area contributed by atoms with Gasteiger partial charge >= 0.3 is 6.09 Å². The average molecular weight is 551 g/mol. The molecule has 1 aliphatic carbocycles. The number of ether oxygens (including phenoxy) is 1. The molecule has 0 spiro atoms. The Morgan fingerprint density at radius 3 is 2.67 bits per heavy atom. The Morgan fingerprint density at radius 1 is 1.15 bits per heavy atom. The lowest BCUT2D eigenvalue weighted by Gasteiger charge is -2.41. The highest BCUT2D eigenvalue weighted by Gasteiger charge is 2.41. The highest BCUT2D eigenvalue weighted by atomic mass is 19.1. The van der Waals surface area contributed by atoms with Crippen LogP contribution in [0.4, 0.5) is 20.6 Å². The minimum atomic E-state index is -0.820. The number of alkyl carbamates (subject to hydrolysis) is 1. The summed E-state index contributed by atoms with van der Waals surface area (Å²) >= 11 is 0. The zero-order valence-corrected chi connectivity index (χ0v) is 22.3. The molecular formula is C28H31FN6O5. The van der Waals surface area contributed by atoms with E-state index in [1.54, 1.807) is 6.07 Å². The van der Waals surface area contributed by atoms with Crippen LogP contribution in [0.15, 0.2) is 30.3 Å². The summed E-state index contributed by atoms with van der Waals surface area (Å²) in [4.78, 5) is 52.5. The highest BCUT2D eigenvalue weighted by molar-refractivity contribution is 6.05. The summed E-state index contributed by atoms with van der Waals surface area (Å²) in [5.41, 5.74) is 7.41. The number of anilines is 2. The third-order valence-electron chi connectivity index (χ3n) is 8.13. The molecule has 0 aromatic heterocycles. The van der Waals surface area contributed by atoms with Gasteiger partial charge in [-0.3, -0.25) is 19.7 Å². The second kappa shape index (κ2) is 10.1. The van der Waals surface area contributed by atoms with Crippen molar-refractivity contribution in [1.29, 1.82) is 0 Å². The molecule has 2 fully saturated rings. The first kappa shape index (κ1) is 26.1. The number of piperidine rings is 1. The number of carbonyl (C=O) groups excluding carboxylic acids is 4. The molecule has 4 amide bonds. The molecule has 0 radical (unpaired) electrons. The van der Waals surface area contributed by atoms with E-state index in [1.165, 1.54) is 16.5 Å². The molecule has 3 heterocycles. The predicted molar refractivity (Wildman–Crippen MR) is 143 cm³/mol. The Bertz CT molecular complexity index is 1410. The van der Waals surface area contributed by atoms with Gasteiger partial charge in [0.2, 0.25) is 11.8 Å². The fourth-order valence-corrected chi connectivity index (χ4v) is 5.78. The van der Waals surface area contributed by atoms with Crippen LogP contribution in [0.5, 0.6) is 0 Å². The molecule has 4 aliphatic rings. The van der Waals surface area contributed by atoms with Crippen molar-refractivity contribution in [2.24, 2.45) is 0 Å². The lowest BCUT2D eigenvalue weighted by Crippen LogP contribution is -2.52. The quantitative estimate of drug-likeness (QED) is 0.467. The molecule has 2 aromatic carbocycles. The molecule has 6 rings (SSSR count). The fraction of sp³-hybridized carbons (Fsp3) is 0.429. The largest absolute Gasteiger partial charge is 0.446 e. The third-order valence-corrected chi connectivity index (χ3v) is 8.13. The van der Waals surface area contributed by atoms with E-state index < -0.39 is 29.8 Å². The molecule has 40 heavy (non-hydrogen) atoms. The number of halogens is 1. The fourth-order valence-electron chi connectivity index (χ4n) is 5.78. The van der Waals surface area contributed by atoms with Gasteiger partial charge in [0.25, 0.3) is 5.91 Å². The third kappa shape index (κ3) is 4.61. The first-order valence-corrected chi connectivity index (χ1v) is 13.4. The summed E-state index contributed by atoms with van der Waals surface area (Å²) in [7, 11) is 4.01. The molecular weight excluding hydrogens is 519 g/mol. The van der Waals surface area contributed by atoms with Gasteiger partial charge in [-0.05, 0) is 29.7 Å². The van der Waals surface area contributed by atoms with E-state index in [-0.39, 0.29) is 55.1 Å². The Morgan fingerprint density at radius 2 is 1.93 bits per heavy atom. The van der Waals surface area contributed by atoms with E-state index in [9.17, 15) is 19.2 Å². The van der Waals surface area contributed by atoms with Crippen molar-refractivity contribution in [3.05, 3.63) is 58.4 Å². The molecule has 2 aromatic rings. The van der Waals surface area contributed by atoms with Crippen LogP contribution in [-0.2, 0) is 34.0 Å². The lowest BCUT2D eigenvalue weighted by atomic mass is 9.88. The van der Waals surface area contributed by atoms with Crippen molar-refractivity contribution < 1.29 is 28.3 Å². The SMILES string of the molecule is CN(C)c1ccc2c(c1)N(C1CC(OC(=O)NCc3ccc4c(c3F)C(=O)N(C3CCC(=O)NC3=O)C4)C1)NC2. The number of amides is 4. The van der Waals surface area contributed by atoms with Crippen molar-refractivity contribution in [1.82, 2.24) is 21.0 Å². The lowest BCUT2D eigenvalue weighted by molar-refractivity contribution is -0.136. The van der Waals surface area contributed by atoms with Gasteiger partial charge in [0.05, 0.1) is 17.3 Å². The molecule has 11 nitrogen and oxygen atoms in total. The zero-order chi connectivity index (χ0) is 28.1. The predicted octanol–water partition coefficient (Wildman–Crippen LogP) is 1.93. The summed E-state index contributed by atoms with van der Waals surface area (Å²) < 4.78 is 20.9. The standard InChI is InChI=1S/C28H31FN6O5/c1-33(2)18-6-5-15-13-31-35(22(15)11-18)19-9-20(10-19)40-28(39)30-12-16-3-4-17-14-34(27(38)24(17)25(16)29)21-7-8-23(36)32-26(21)37/h3-6,11,19-21,31H,7-10,12-14H2,1-2H3,(H,30,39)(H,32,36,37). The summed E-state index contributed by atoms with van der Waals surface area (Å²) in [6.07, 6.45) is 0.766. The number of nitrogens with one attached hydrogen (secondary N) is 3. The number of fused-ring (bicyclic) bond motifs is 2. The number of hydrazine groups is 1. The number of nitrogens with zero attached hydrogens (tertiary/aromatic N) is 3. The number of hydrogen-bond acceptors (Lipinski definition) is 8. The molecule has 1 atom stereocenters. The van der Waals surface area contributed by atoms with Crippen LogP contribution in [0.25, 0.3) is 0 Å². The Labute approximate surface area is 230 Å². The van der Waals surface area contributed by atoms with E-state index in [1.807, 2.05) is 14.1 Å². The van der Waals surface area contributed by atoms with Gasteiger partial charge in [0.1, 0.15) is 18.0 Å². The number of carbonyl (C=O) groups is 4. The Kier molecular flexibility index (Phi) is 6.57. The van der Waals surface area contributed by atoms with Crippen LogP contribution in [0.3, 0.4) is 0 Å². The topological polar surface area (TPSA) is 123 Å². The maximum Gasteiger partial charge on any atom is 0.407 e. The second-order valence-corrected chi connectivity index (χ2v) is 10.9. The molecule has 1 saturated carbocycles. The second-order valence-electron chi connectivity index (χ2n) is 10.9. The van der Waals surface area contributed by atoms with Gasteiger partial charge in [-0.25, -0.2) is 14.6 Å².